The van der Waals surface area contributed by atoms with Gasteiger partial charge in [-0.25, -0.2) is 4.39 Å². The number of carbonyl (C=O) groups is 1. The highest BCUT2D eigenvalue weighted by Gasteiger charge is 2.15. The van der Waals surface area contributed by atoms with Gasteiger partial charge < -0.3 is 15.2 Å². The van der Waals surface area contributed by atoms with Gasteiger partial charge in [0, 0.05) is 19.3 Å². The summed E-state index contributed by atoms with van der Waals surface area (Å²) >= 11 is 0. The molecule has 0 aliphatic heterocycles. The van der Waals surface area contributed by atoms with Crippen molar-refractivity contribution in [2.24, 2.45) is 5.73 Å². The number of hydrogen-bond acceptors (Lipinski definition) is 4. The lowest BCUT2D eigenvalue weighted by molar-refractivity contribution is -0.146. The van der Waals surface area contributed by atoms with E-state index in [0.29, 0.717) is 25.0 Å². The zero-order valence-corrected chi connectivity index (χ0v) is 10.4. The summed E-state index contributed by atoms with van der Waals surface area (Å²) in [6.45, 7) is 0.456. The van der Waals surface area contributed by atoms with Crippen molar-refractivity contribution < 1.29 is 18.7 Å². The highest BCUT2D eigenvalue weighted by Crippen LogP contribution is 2.08. The molecule has 0 saturated carbocycles. The Morgan fingerprint density at radius 1 is 1.44 bits per heavy atom. The van der Waals surface area contributed by atoms with Crippen molar-refractivity contribution >= 4 is 5.97 Å². The summed E-state index contributed by atoms with van der Waals surface area (Å²) in [5, 5.41) is 0. The van der Waals surface area contributed by atoms with Gasteiger partial charge >= 0.3 is 5.97 Å². The molecule has 4 nitrogen and oxygen atoms in total. The van der Waals surface area contributed by atoms with Crippen molar-refractivity contribution in [2.45, 2.75) is 25.5 Å². The zero-order chi connectivity index (χ0) is 13.4. The van der Waals surface area contributed by atoms with Crippen LogP contribution in [0.4, 0.5) is 4.39 Å². The molecule has 0 heterocycles. The average Bonchev–Trinajstić information content (AvgIpc) is 2.37. The molecule has 18 heavy (non-hydrogen) atoms. The number of nitrogens with two attached hydrogens (primary N) is 1. The Hall–Kier alpha value is -1.46. The van der Waals surface area contributed by atoms with Crippen LogP contribution in [0.1, 0.15) is 18.4 Å². The van der Waals surface area contributed by atoms with Crippen molar-refractivity contribution in [1.82, 2.24) is 0 Å². The van der Waals surface area contributed by atoms with E-state index in [2.05, 4.69) is 0 Å². The van der Waals surface area contributed by atoms with Crippen LogP contribution in [0, 0.1) is 5.82 Å². The van der Waals surface area contributed by atoms with Crippen LogP contribution < -0.4 is 5.73 Å². The van der Waals surface area contributed by atoms with Crippen LogP contribution in [-0.4, -0.2) is 25.7 Å². The summed E-state index contributed by atoms with van der Waals surface area (Å²) in [7, 11) is 1.59. The molecule has 1 aromatic carbocycles. The van der Waals surface area contributed by atoms with E-state index >= 15 is 0 Å². The fourth-order valence-electron chi connectivity index (χ4n) is 1.44. The zero-order valence-electron chi connectivity index (χ0n) is 10.4. The van der Waals surface area contributed by atoms with Gasteiger partial charge in [0.1, 0.15) is 18.5 Å². The average molecular weight is 255 g/mol. The van der Waals surface area contributed by atoms with Crippen molar-refractivity contribution in [2.75, 3.05) is 13.7 Å². The first-order valence-corrected chi connectivity index (χ1v) is 5.79. The number of halogens is 1. The standard InChI is InChI=1S/C13H18FNO3/c1-17-8-4-7-12(15)13(16)18-9-10-5-2-3-6-11(10)14/h2-3,5-6,12H,4,7-9,15H2,1H3. The Kier molecular flexibility index (Phi) is 6.32. The molecule has 1 unspecified atom stereocenters. The van der Waals surface area contributed by atoms with Crippen LogP contribution in [-0.2, 0) is 20.9 Å². The predicted octanol–water partition coefficient (Wildman–Crippen LogP) is 1.62. The van der Waals surface area contributed by atoms with E-state index in [4.69, 9.17) is 15.2 Å². The lowest BCUT2D eigenvalue weighted by atomic mass is 10.2. The first-order chi connectivity index (χ1) is 8.65. The largest absolute Gasteiger partial charge is 0.460 e. The molecule has 0 spiro atoms. The summed E-state index contributed by atoms with van der Waals surface area (Å²) in [6.07, 6.45) is 1.18. The summed E-state index contributed by atoms with van der Waals surface area (Å²) in [5.41, 5.74) is 5.98. The molecule has 0 saturated heterocycles. The van der Waals surface area contributed by atoms with Gasteiger partial charge in [-0.2, -0.15) is 0 Å². The fraction of sp³-hybridized carbons (Fsp3) is 0.462. The van der Waals surface area contributed by atoms with Crippen molar-refractivity contribution in [3.05, 3.63) is 35.6 Å². The molecule has 1 rings (SSSR count). The smallest absolute Gasteiger partial charge is 0.323 e. The SMILES string of the molecule is COCCCC(N)C(=O)OCc1ccccc1F. The van der Waals surface area contributed by atoms with Crippen LogP contribution in [0.5, 0.6) is 0 Å². The predicted molar refractivity (Wildman–Crippen MR) is 65.3 cm³/mol. The van der Waals surface area contributed by atoms with Gasteiger partial charge in [0.15, 0.2) is 0 Å². The Morgan fingerprint density at radius 3 is 2.83 bits per heavy atom. The number of hydrogen-bond donors (Lipinski definition) is 1. The topological polar surface area (TPSA) is 61.5 Å². The number of carbonyl (C=O) groups excluding carboxylic acids is 1. The minimum absolute atomic E-state index is 0.0938. The van der Waals surface area contributed by atoms with Crippen LogP contribution in [0.15, 0.2) is 24.3 Å². The molecule has 0 aromatic heterocycles. The second kappa shape index (κ2) is 7.79. The molecule has 0 aliphatic rings. The molecule has 0 fully saturated rings. The fourth-order valence-corrected chi connectivity index (χ4v) is 1.44. The van der Waals surface area contributed by atoms with Gasteiger partial charge in [0.05, 0.1) is 0 Å². The summed E-state index contributed by atoms with van der Waals surface area (Å²) in [4.78, 5) is 11.5. The third-order valence-electron chi connectivity index (χ3n) is 2.49. The molecule has 0 radical (unpaired) electrons. The molecular weight excluding hydrogens is 237 g/mol. The number of esters is 1. The second-order valence-electron chi connectivity index (χ2n) is 3.94. The highest BCUT2D eigenvalue weighted by atomic mass is 19.1. The van der Waals surface area contributed by atoms with E-state index in [1.807, 2.05) is 0 Å². The summed E-state index contributed by atoms with van der Waals surface area (Å²) in [6, 6.07) is 5.47. The Morgan fingerprint density at radius 2 is 2.17 bits per heavy atom. The molecule has 0 bridgehead atoms. The summed E-state index contributed by atoms with van der Waals surface area (Å²) in [5.74, 6) is -0.910. The third kappa shape index (κ3) is 4.81. The monoisotopic (exact) mass is 255 g/mol. The van der Waals surface area contributed by atoms with Crippen molar-refractivity contribution in [1.29, 1.82) is 0 Å². The van der Waals surface area contributed by atoms with E-state index in [1.165, 1.54) is 6.07 Å². The van der Waals surface area contributed by atoms with Gasteiger partial charge in [-0.1, -0.05) is 18.2 Å². The molecule has 1 aromatic rings. The van der Waals surface area contributed by atoms with E-state index < -0.39 is 17.8 Å². The molecule has 0 amide bonds. The number of benzene rings is 1. The maximum atomic E-state index is 13.3. The lowest BCUT2D eigenvalue weighted by Crippen LogP contribution is -2.32. The molecule has 2 N–H and O–H groups in total. The number of rotatable bonds is 7. The van der Waals surface area contributed by atoms with Gasteiger partial charge in [0.25, 0.3) is 0 Å². The third-order valence-corrected chi connectivity index (χ3v) is 2.49. The maximum absolute atomic E-state index is 13.3. The lowest BCUT2D eigenvalue weighted by Gasteiger charge is -2.11. The van der Waals surface area contributed by atoms with E-state index in [1.54, 1.807) is 25.3 Å². The Bertz CT molecular complexity index is 384. The van der Waals surface area contributed by atoms with Crippen molar-refractivity contribution in [3.8, 4) is 0 Å². The Labute approximate surface area is 106 Å². The molecule has 1 atom stereocenters. The van der Waals surface area contributed by atoms with E-state index in [9.17, 15) is 9.18 Å². The molecule has 5 heteroatoms. The second-order valence-corrected chi connectivity index (χ2v) is 3.94. The van der Waals surface area contributed by atoms with Gasteiger partial charge in [0.2, 0.25) is 0 Å². The van der Waals surface area contributed by atoms with E-state index in [0.717, 1.165) is 0 Å². The molecule has 100 valence electrons. The van der Waals surface area contributed by atoms with Crippen LogP contribution in [0.2, 0.25) is 0 Å². The van der Waals surface area contributed by atoms with Gasteiger partial charge in [-0.05, 0) is 18.9 Å². The normalized spacial score (nSPS) is 12.2. The quantitative estimate of drug-likeness (QED) is 0.594. The van der Waals surface area contributed by atoms with Gasteiger partial charge in [-0.15, -0.1) is 0 Å². The van der Waals surface area contributed by atoms with Crippen LogP contribution >= 0.6 is 0 Å². The van der Waals surface area contributed by atoms with Crippen LogP contribution in [0.25, 0.3) is 0 Å². The number of methoxy groups -OCH3 is 1. The van der Waals surface area contributed by atoms with Gasteiger partial charge in [-0.3, -0.25) is 4.79 Å². The molecule has 0 aliphatic carbocycles. The highest BCUT2D eigenvalue weighted by molar-refractivity contribution is 5.75. The minimum Gasteiger partial charge on any atom is -0.460 e. The number of ether oxygens (including phenoxy) is 2. The van der Waals surface area contributed by atoms with Crippen LogP contribution in [0.3, 0.4) is 0 Å². The van der Waals surface area contributed by atoms with Crippen molar-refractivity contribution in [3.63, 3.8) is 0 Å². The molecular formula is C13H18FNO3. The first kappa shape index (κ1) is 14.6. The maximum Gasteiger partial charge on any atom is 0.323 e. The van der Waals surface area contributed by atoms with E-state index in [-0.39, 0.29) is 6.61 Å². The first-order valence-electron chi connectivity index (χ1n) is 5.79. The minimum atomic E-state index is -0.688. The Balaban J connectivity index is 2.34. The summed E-state index contributed by atoms with van der Waals surface area (Å²) < 4.78 is 23.1.